The van der Waals surface area contributed by atoms with Crippen molar-refractivity contribution in [2.75, 3.05) is 0 Å². The van der Waals surface area contributed by atoms with Crippen LogP contribution in [0.5, 0.6) is 11.5 Å². The molecule has 0 amide bonds. The molecule has 4 aliphatic heterocycles. The second kappa shape index (κ2) is 9.51. The van der Waals surface area contributed by atoms with Gasteiger partial charge in [0.05, 0.1) is 17.3 Å². The third-order valence-electron chi connectivity index (χ3n) is 12.7. The van der Waals surface area contributed by atoms with Gasteiger partial charge < -0.3 is 24.1 Å². The van der Waals surface area contributed by atoms with Crippen molar-refractivity contribution in [3.05, 3.63) is 75.4 Å². The van der Waals surface area contributed by atoms with Crippen molar-refractivity contribution >= 4 is 28.1 Å². The summed E-state index contributed by atoms with van der Waals surface area (Å²) in [5.74, 6) is 1.38. The van der Waals surface area contributed by atoms with E-state index in [2.05, 4.69) is 33.8 Å². The summed E-state index contributed by atoms with van der Waals surface area (Å²) in [6.45, 7) is 14.3. The summed E-state index contributed by atoms with van der Waals surface area (Å²) in [5, 5.41) is 14.1. The zero-order chi connectivity index (χ0) is 33.7. The Morgan fingerprint density at radius 2 is 1.83 bits per heavy atom. The van der Waals surface area contributed by atoms with Gasteiger partial charge in [-0.3, -0.25) is 9.59 Å². The van der Waals surface area contributed by atoms with E-state index in [1.165, 1.54) is 13.3 Å². The Bertz CT molecular complexity index is 2020. The second-order valence-corrected chi connectivity index (χ2v) is 16.5. The number of ether oxygens (including phenoxy) is 4. The molecule has 3 aromatic carbocycles. The molecule has 1 saturated heterocycles. The van der Waals surface area contributed by atoms with Crippen LogP contribution >= 0.6 is 0 Å². The van der Waals surface area contributed by atoms with Gasteiger partial charge in [-0.15, -0.1) is 0 Å². The van der Waals surface area contributed by atoms with Gasteiger partial charge >= 0.3 is 0 Å². The average molecular weight is 649 g/mol. The zero-order valence-corrected chi connectivity index (χ0v) is 28.9. The highest BCUT2D eigenvalue weighted by Gasteiger charge is 2.65. The lowest BCUT2D eigenvalue weighted by atomic mass is 9.60. The fourth-order valence-corrected chi connectivity index (χ4v) is 10.4. The molecule has 6 aliphatic rings. The first-order valence-corrected chi connectivity index (χ1v) is 17.6. The molecule has 2 aliphatic carbocycles. The van der Waals surface area contributed by atoms with Crippen LogP contribution in [0.15, 0.2) is 42.0 Å². The number of carbonyl (C=O) groups excluding carboxylic acids is 2. The van der Waals surface area contributed by atoms with Crippen LogP contribution in [0.3, 0.4) is 0 Å². The van der Waals surface area contributed by atoms with Crippen molar-refractivity contribution in [1.29, 1.82) is 0 Å². The van der Waals surface area contributed by atoms with Crippen LogP contribution in [0, 0.1) is 18.3 Å². The monoisotopic (exact) mass is 648 g/mol. The molecule has 2 fully saturated rings. The summed E-state index contributed by atoms with van der Waals surface area (Å²) in [4.78, 5) is 27.6. The quantitative estimate of drug-likeness (QED) is 0.309. The molecule has 6 atom stereocenters. The molecular formula is C41H44O7. The summed E-state index contributed by atoms with van der Waals surface area (Å²) < 4.78 is 27.7. The minimum Gasteiger partial charge on any atom is -0.470 e. The van der Waals surface area contributed by atoms with Crippen LogP contribution < -0.4 is 9.47 Å². The molecule has 0 radical (unpaired) electrons. The van der Waals surface area contributed by atoms with E-state index in [1.807, 2.05) is 44.2 Å². The molecule has 250 valence electrons. The average Bonchev–Trinajstić information content (AvgIpc) is 3.50. The zero-order valence-electron chi connectivity index (χ0n) is 28.9. The SMILES string of the molecule is CC(=O)C[C@]1(O)C(=O)C2=C(O[C@@H]3Oc4c(C(C)C)cc5c(c4O[C@]23C)C[C@@]23CCCC(C)(C)[C@@H]2C[C@@H]5O3)c2ccc3c(C)cccc3c21. The van der Waals surface area contributed by atoms with Gasteiger partial charge in [0.25, 0.3) is 6.29 Å². The number of rotatable bonds is 3. The van der Waals surface area contributed by atoms with E-state index < -0.39 is 23.3 Å². The maximum Gasteiger partial charge on any atom is 0.285 e. The van der Waals surface area contributed by atoms with Crippen molar-refractivity contribution in [3.63, 3.8) is 0 Å². The van der Waals surface area contributed by atoms with Gasteiger partial charge in [-0.25, -0.2) is 0 Å². The molecule has 48 heavy (non-hydrogen) atoms. The maximum atomic E-state index is 14.9. The Kier molecular flexibility index (Phi) is 6.02. The third kappa shape index (κ3) is 3.72. The predicted molar refractivity (Wildman–Crippen MR) is 181 cm³/mol. The lowest BCUT2D eigenvalue weighted by Gasteiger charge is -2.49. The first-order chi connectivity index (χ1) is 22.7. The van der Waals surface area contributed by atoms with Gasteiger partial charge in [0.1, 0.15) is 11.5 Å². The summed E-state index contributed by atoms with van der Waals surface area (Å²) in [5.41, 5.74) is 1.95. The Morgan fingerprint density at radius 3 is 2.58 bits per heavy atom. The van der Waals surface area contributed by atoms with Crippen molar-refractivity contribution in [2.45, 2.75) is 122 Å². The Labute approximate surface area is 281 Å². The van der Waals surface area contributed by atoms with E-state index in [9.17, 15) is 14.7 Å². The summed E-state index contributed by atoms with van der Waals surface area (Å²) in [7, 11) is 0. The van der Waals surface area contributed by atoms with Crippen LogP contribution in [0.2, 0.25) is 0 Å². The molecule has 2 bridgehead atoms. The number of benzene rings is 3. The van der Waals surface area contributed by atoms with Gasteiger partial charge in [-0.1, -0.05) is 64.4 Å². The molecule has 4 heterocycles. The Hall–Kier alpha value is -3.68. The molecule has 1 saturated carbocycles. The minimum absolute atomic E-state index is 0.0248. The molecule has 3 aromatic rings. The van der Waals surface area contributed by atoms with Crippen molar-refractivity contribution in [2.24, 2.45) is 11.3 Å². The maximum absolute atomic E-state index is 14.9. The summed E-state index contributed by atoms with van der Waals surface area (Å²) >= 11 is 0. The fourth-order valence-electron chi connectivity index (χ4n) is 10.4. The van der Waals surface area contributed by atoms with Gasteiger partial charge in [-0.05, 0) is 85.3 Å². The van der Waals surface area contributed by atoms with Crippen molar-refractivity contribution < 1.29 is 33.6 Å². The van der Waals surface area contributed by atoms with Crippen LogP contribution in [0.25, 0.3) is 16.5 Å². The largest absolute Gasteiger partial charge is 0.470 e. The molecule has 0 unspecified atom stereocenters. The Morgan fingerprint density at radius 1 is 1.04 bits per heavy atom. The topological polar surface area (TPSA) is 91.3 Å². The number of Topliss-reactive ketones (excluding diaryl/α,β-unsaturated/α-hetero) is 2. The first kappa shape index (κ1) is 30.4. The fraction of sp³-hybridized carbons (Fsp3) is 0.512. The van der Waals surface area contributed by atoms with E-state index in [4.69, 9.17) is 18.9 Å². The normalized spacial score (nSPS) is 33.5. The number of ketones is 2. The summed E-state index contributed by atoms with van der Waals surface area (Å²) in [6, 6.07) is 11.9. The lowest BCUT2D eigenvalue weighted by Crippen LogP contribution is -2.55. The lowest BCUT2D eigenvalue weighted by molar-refractivity contribution is -0.148. The van der Waals surface area contributed by atoms with E-state index in [-0.39, 0.29) is 40.8 Å². The van der Waals surface area contributed by atoms with Gasteiger partial charge in [0.15, 0.2) is 17.1 Å². The molecule has 1 spiro atoms. The van der Waals surface area contributed by atoms with Crippen LogP contribution in [-0.2, 0) is 31.1 Å². The van der Waals surface area contributed by atoms with E-state index in [0.29, 0.717) is 34.3 Å². The molecule has 7 heteroatoms. The molecule has 1 N–H and O–H groups in total. The molecular weight excluding hydrogens is 604 g/mol. The molecule has 9 rings (SSSR count). The highest BCUT2D eigenvalue weighted by molar-refractivity contribution is 6.16. The van der Waals surface area contributed by atoms with Crippen LogP contribution in [0.1, 0.15) is 119 Å². The minimum atomic E-state index is -2.09. The number of carbonyl (C=O) groups is 2. The molecule has 0 aromatic heterocycles. The van der Waals surface area contributed by atoms with Crippen molar-refractivity contribution in [1.82, 2.24) is 0 Å². The number of hydrogen-bond acceptors (Lipinski definition) is 7. The smallest absolute Gasteiger partial charge is 0.285 e. The highest BCUT2D eigenvalue weighted by Crippen LogP contribution is 2.65. The number of aliphatic hydroxyl groups is 1. The number of fused-ring (bicyclic) bond motifs is 11. The highest BCUT2D eigenvalue weighted by atomic mass is 16.7. The number of aryl methyl sites for hydroxylation is 1. The first-order valence-electron chi connectivity index (χ1n) is 17.6. The van der Waals surface area contributed by atoms with E-state index >= 15 is 0 Å². The summed E-state index contributed by atoms with van der Waals surface area (Å²) in [6.07, 6.45) is 3.68. The van der Waals surface area contributed by atoms with E-state index in [0.717, 1.165) is 58.7 Å². The van der Waals surface area contributed by atoms with Gasteiger partial charge in [-0.2, -0.15) is 0 Å². The second-order valence-electron chi connectivity index (χ2n) is 16.5. The molecule has 7 nitrogen and oxygen atoms in total. The van der Waals surface area contributed by atoms with E-state index in [1.54, 1.807) is 0 Å². The third-order valence-corrected chi connectivity index (χ3v) is 12.7. The number of hydrogen-bond donors (Lipinski definition) is 1. The van der Waals surface area contributed by atoms with Crippen LogP contribution in [0.4, 0.5) is 0 Å². The van der Waals surface area contributed by atoms with Gasteiger partial charge in [0, 0.05) is 35.1 Å². The Balaban J connectivity index is 1.24. The predicted octanol–water partition coefficient (Wildman–Crippen LogP) is 7.90. The van der Waals surface area contributed by atoms with Crippen molar-refractivity contribution in [3.8, 4) is 11.5 Å². The van der Waals surface area contributed by atoms with Crippen LogP contribution in [-0.4, -0.2) is 34.2 Å². The standard InChI is InChI=1S/C41H44O7/c1-20(2)26-16-27-28(19-40-15-9-14-38(5,6)30(40)17-29(27)47-40)35-34(26)46-37-39(7,48-35)32-33(45-37)25-13-12-23-21(3)10-8-11-24(23)31(25)41(44,36(32)43)18-22(4)42/h8,10-13,16,20,29-30,37,44H,9,14-15,17-19H2,1-7H3/t29-,30-,37+,39+,40-,41+/m0/s1. The van der Waals surface area contributed by atoms with Gasteiger partial charge in [0.2, 0.25) is 11.4 Å².